The van der Waals surface area contributed by atoms with Gasteiger partial charge in [0.2, 0.25) is 0 Å². The molecule has 1 nitrogen and oxygen atoms in total. The fraction of sp³-hybridized carbons (Fsp3) is 0.125. The molecule has 0 bridgehead atoms. The number of rotatable bonds is 1. The fourth-order valence-corrected chi connectivity index (χ4v) is 4.51. The largest absolute Gasteiger partial charge is 0.289 e. The summed E-state index contributed by atoms with van der Waals surface area (Å²) >= 11 is 0. The lowest BCUT2D eigenvalue weighted by molar-refractivity contribution is 0.104. The average Bonchev–Trinajstić information content (AvgIpc) is 3.09. The summed E-state index contributed by atoms with van der Waals surface area (Å²) in [7, 11) is 0. The molecule has 5 rings (SSSR count). The number of fused-ring (bicyclic) bond motifs is 3. The van der Waals surface area contributed by atoms with Crippen LogP contribution in [0.5, 0.6) is 0 Å². The molecule has 3 aromatic carbocycles. The molecule has 0 heterocycles. The average molecular weight is 322 g/mol. The van der Waals surface area contributed by atoms with Crippen molar-refractivity contribution in [1.82, 2.24) is 0 Å². The third kappa shape index (κ3) is 1.99. The second kappa shape index (κ2) is 5.29. The molecule has 0 radical (unpaired) electrons. The van der Waals surface area contributed by atoms with Crippen LogP contribution in [0.4, 0.5) is 0 Å². The third-order valence-electron chi connectivity index (χ3n) is 5.64. The van der Waals surface area contributed by atoms with Crippen LogP contribution in [0.2, 0.25) is 0 Å². The van der Waals surface area contributed by atoms with E-state index in [1.165, 1.54) is 21.9 Å². The van der Waals surface area contributed by atoms with Gasteiger partial charge in [0.1, 0.15) is 0 Å². The molecule has 1 spiro atoms. The molecule has 0 saturated heterocycles. The zero-order chi connectivity index (χ0) is 16.9. The van der Waals surface area contributed by atoms with Gasteiger partial charge in [0.15, 0.2) is 5.78 Å². The molecular weight excluding hydrogens is 304 g/mol. The topological polar surface area (TPSA) is 17.1 Å². The van der Waals surface area contributed by atoms with Crippen molar-refractivity contribution in [2.75, 3.05) is 0 Å². The maximum atomic E-state index is 12.4. The minimum Gasteiger partial charge on any atom is -0.289 e. The Hall–Kier alpha value is -2.93. The number of carbonyl (C=O) groups is 1. The SMILES string of the molecule is O=C1C=CC2(CCC=C2c2cccc3ccccc23)c2ccccc21. The van der Waals surface area contributed by atoms with Gasteiger partial charge < -0.3 is 0 Å². The number of allylic oxidation sites excluding steroid dienone is 4. The maximum absolute atomic E-state index is 12.4. The first kappa shape index (κ1) is 14.4. The van der Waals surface area contributed by atoms with Crippen LogP contribution in [0.3, 0.4) is 0 Å². The van der Waals surface area contributed by atoms with E-state index in [4.69, 9.17) is 0 Å². The van der Waals surface area contributed by atoms with Crippen LogP contribution >= 0.6 is 0 Å². The maximum Gasteiger partial charge on any atom is 0.185 e. The first-order valence-corrected chi connectivity index (χ1v) is 8.81. The molecule has 2 aliphatic carbocycles. The molecule has 0 aromatic heterocycles. The Morgan fingerprint density at radius 3 is 2.52 bits per heavy atom. The lowest BCUT2D eigenvalue weighted by Crippen LogP contribution is -2.28. The molecular formula is C24H18O. The van der Waals surface area contributed by atoms with Gasteiger partial charge in [-0.05, 0) is 46.4 Å². The lowest BCUT2D eigenvalue weighted by Gasteiger charge is -2.34. The highest BCUT2D eigenvalue weighted by molar-refractivity contribution is 6.09. The second-order valence-electron chi connectivity index (χ2n) is 6.90. The van der Waals surface area contributed by atoms with Crippen LogP contribution in [0.1, 0.15) is 34.3 Å². The first-order chi connectivity index (χ1) is 12.3. The van der Waals surface area contributed by atoms with Crippen molar-refractivity contribution >= 4 is 22.1 Å². The van der Waals surface area contributed by atoms with Gasteiger partial charge in [-0.1, -0.05) is 78.9 Å². The summed E-state index contributed by atoms with van der Waals surface area (Å²) in [6, 6.07) is 23.1. The van der Waals surface area contributed by atoms with Gasteiger partial charge in [-0.3, -0.25) is 4.79 Å². The summed E-state index contributed by atoms with van der Waals surface area (Å²) < 4.78 is 0. The van der Waals surface area contributed by atoms with Crippen molar-refractivity contribution in [2.24, 2.45) is 0 Å². The van der Waals surface area contributed by atoms with Crippen molar-refractivity contribution in [3.63, 3.8) is 0 Å². The van der Waals surface area contributed by atoms with Gasteiger partial charge in [-0.25, -0.2) is 0 Å². The molecule has 1 unspecified atom stereocenters. The molecule has 2 aliphatic rings. The zero-order valence-corrected chi connectivity index (χ0v) is 13.9. The van der Waals surface area contributed by atoms with E-state index >= 15 is 0 Å². The van der Waals surface area contributed by atoms with E-state index in [0.29, 0.717) is 0 Å². The molecule has 0 fully saturated rings. The van der Waals surface area contributed by atoms with E-state index in [0.717, 1.165) is 24.0 Å². The molecule has 0 saturated carbocycles. The highest BCUT2D eigenvalue weighted by Gasteiger charge is 2.41. The summed E-state index contributed by atoms with van der Waals surface area (Å²) in [4.78, 5) is 12.4. The predicted molar refractivity (Wildman–Crippen MR) is 103 cm³/mol. The summed E-state index contributed by atoms with van der Waals surface area (Å²) in [6.07, 6.45) is 8.32. The Morgan fingerprint density at radius 1 is 0.800 bits per heavy atom. The highest BCUT2D eigenvalue weighted by Crippen LogP contribution is 2.51. The van der Waals surface area contributed by atoms with E-state index in [-0.39, 0.29) is 11.2 Å². The Morgan fingerprint density at radius 2 is 1.56 bits per heavy atom. The Bertz CT molecular complexity index is 1060. The molecule has 1 heteroatoms. The van der Waals surface area contributed by atoms with Crippen LogP contribution in [-0.2, 0) is 5.41 Å². The summed E-state index contributed by atoms with van der Waals surface area (Å²) in [5.41, 5.74) is 4.43. The van der Waals surface area contributed by atoms with Gasteiger partial charge in [0.05, 0.1) is 0 Å². The third-order valence-corrected chi connectivity index (χ3v) is 5.64. The van der Waals surface area contributed by atoms with E-state index < -0.39 is 0 Å². The van der Waals surface area contributed by atoms with Crippen molar-refractivity contribution in [3.05, 3.63) is 102 Å². The number of hydrogen-bond acceptors (Lipinski definition) is 1. The van der Waals surface area contributed by atoms with Crippen LogP contribution < -0.4 is 0 Å². The smallest absolute Gasteiger partial charge is 0.185 e. The number of benzene rings is 3. The molecule has 0 N–H and O–H groups in total. The van der Waals surface area contributed by atoms with Crippen molar-refractivity contribution in [2.45, 2.75) is 18.3 Å². The molecule has 120 valence electrons. The number of hydrogen-bond donors (Lipinski definition) is 0. The van der Waals surface area contributed by atoms with Gasteiger partial charge in [0.25, 0.3) is 0 Å². The Kier molecular flexibility index (Phi) is 3.05. The van der Waals surface area contributed by atoms with Gasteiger partial charge in [-0.15, -0.1) is 0 Å². The molecule has 0 aliphatic heterocycles. The minimum absolute atomic E-state index is 0.116. The van der Waals surface area contributed by atoms with E-state index in [1.54, 1.807) is 6.08 Å². The summed E-state index contributed by atoms with van der Waals surface area (Å²) in [6.45, 7) is 0. The fourth-order valence-electron chi connectivity index (χ4n) is 4.51. The van der Waals surface area contributed by atoms with Crippen LogP contribution in [0, 0.1) is 0 Å². The predicted octanol–water partition coefficient (Wildman–Crippen LogP) is 5.71. The van der Waals surface area contributed by atoms with E-state index in [2.05, 4.69) is 60.7 Å². The van der Waals surface area contributed by atoms with Crippen LogP contribution in [-0.4, -0.2) is 5.78 Å². The van der Waals surface area contributed by atoms with Crippen molar-refractivity contribution in [1.29, 1.82) is 0 Å². The van der Waals surface area contributed by atoms with Gasteiger partial charge in [0, 0.05) is 11.0 Å². The lowest BCUT2D eigenvalue weighted by atomic mass is 9.67. The Labute approximate surface area is 147 Å². The Balaban J connectivity index is 1.78. The molecule has 25 heavy (non-hydrogen) atoms. The quantitative estimate of drug-likeness (QED) is 0.561. The standard InChI is InChI=1S/C24H18O/c25-23-14-16-24(22-12-4-3-10-20(22)23)15-6-13-21(24)19-11-5-8-17-7-1-2-9-18(17)19/h1-5,7-14,16H,6,15H2. The zero-order valence-electron chi connectivity index (χ0n) is 13.9. The number of carbonyl (C=O) groups excluding carboxylic acids is 1. The summed E-state index contributed by atoms with van der Waals surface area (Å²) in [5.74, 6) is 0.116. The summed E-state index contributed by atoms with van der Waals surface area (Å²) in [5, 5.41) is 2.53. The van der Waals surface area contributed by atoms with E-state index in [9.17, 15) is 4.79 Å². The number of ketones is 1. The normalized spacial score (nSPS) is 21.6. The van der Waals surface area contributed by atoms with Crippen LogP contribution in [0.15, 0.2) is 85.0 Å². The monoisotopic (exact) mass is 322 g/mol. The van der Waals surface area contributed by atoms with Crippen molar-refractivity contribution < 1.29 is 4.79 Å². The molecule has 0 amide bonds. The molecule has 1 atom stereocenters. The van der Waals surface area contributed by atoms with E-state index in [1.807, 2.05) is 18.2 Å². The minimum atomic E-state index is -0.186. The first-order valence-electron chi connectivity index (χ1n) is 8.81. The molecule has 3 aromatic rings. The highest BCUT2D eigenvalue weighted by atomic mass is 16.1. The second-order valence-corrected chi connectivity index (χ2v) is 6.90. The van der Waals surface area contributed by atoms with Gasteiger partial charge >= 0.3 is 0 Å². The van der Waals surface area contributed by atoms with Crippen LogP contribution in [0.25, 0.3) is 16.3 Å². The van der Waals surface area contributed by atoms with Crippen molar-refractivity contribution in [3.8, 4) is 0 Å². The van der Waals surface area contributed by atoms with Gasteiger partial charge in [-0.2, -0.15) is 0 Å².